The molecule has 16 heavy (non-hydrogen) atoms. The van der Waals surface area contributed by atoms with E-state index in [1.54, 1.807) is 24.3 Å². The summed E-state index contributed by atoms with van der Waals surface area (Å²) in [6, 6.07) is 6.80. The van der Waals surface area contributed by atoms with E-state index in [-0.39, 0.29) is 5.75 Å². The minimum atomic E-state index is 0.242. The van der Waals surface area contributed by atoms with Crippen LogP contribution in [0.3, 0.4) is 0 Å². The molecule has 82 valence electrons. The van der Waals surface area contributed by atoms with Gasteiger partial charge in [0.15, 0.2) is 0 Å². The summed E-state index contributed by atoms with van der Waals surface area (Å²) >= 11 is 0. The van der Waals surface area contributed by atoms with Crippen LogP contribution in [0.5, 0.6) is 5.75 Å². The van der Waals surface area contributed by atoms with Crippen LogP contribution in [-0.2, 0) is 0 Å². The molecule has 4 heteroatoms. The van der Waals surface area contributed by atoms with Crippen molar-refractivity contribution in [2.45, 2.75) is 25.2 Å². The molecule has 0 unspecified atom stereocenters. The van der Waals surface area contributed by atoms with Gasteiger partial charge in [0, 0.05) is 11.5 Å². The third kappa shape index (κ3) is 1.56. The van der Waals surface area contributed by atoms with Gasteiger partial charge in [-0.05, 0) is 37.1 Å². The molecule has 1 aliphatic carbocycles. The van der Waals surface area contributed by atoms with Crippen LogP contribution >= 0.6 is 0 Å². The monoisotopic (exact) mass is 216 g/mol. The number of phenols is 1. The maximum atomic E-state index is 9.18. The van der Waals surface area contributed by atoms with E-state index < -0.39 is 0 Å². The highest BCUT2D eigenvalue weighted by Gasteiger charge is 2.25. The van der Waals surface area contributed by atoms with Crippen molar-refractivity contribution >= 4 is 0 Å². The highest BCUT2D eigenvalue weighted by molar-refractivity contribution is 5.55. The standard InChI is InChI=1S/C12H12N2O2/c15-10-6-4-8(5-7-10)11-13-12(16-14-11)9-2-1-3-9/h4-7,9,15H,1-3H2. The Morgan fingerprint density at radius 2 is 1.94 bits per heavy atom. The number of benzene rings is 1. The fourth-order valence-corrected chi connectivity index (χ4v) is 1.78. The molecule has 1 heterocycles. The largest absolute Gasteiger partial charge is 0.508 e. The van der Waals surface area contributed by atoms with Crippen LogP contribution in [0.1, 0.15) is 31.1 Å². The van der Waals surface area contributed by atoms with E-state index in [0.717, 1.165) is 24.3 Å². The molecular formula is C12H12N2O2. The highest BCUT2D eigenvalue weighted by atomic mass is 16.5. The molecule has 4 nitrogen and oxygen atoms in total. The van der Waals surface area contributed by atoms with Gasteiger partial charge in [-0.2, -0.15) is 4.98 Å². The highest BCUT2D eigenvalue weighted by Crippen LogP contribution is 2.35. The maximum absolute atomic E-state index is 9.18. The second-order valence-electron chi connectivity index (χ2n) is 4.13. The molecule has 1 aliphatic rings. The summed E-state index contributed by atoms with van der Waals surface area (Å²) in [6.07, 6.45) is 3.55. The Kier molecular flexibility index (Phi) is 2.13. The number of hydrogen-bond donors (Lipinski definition) is 1. The van der Waals surface area contributed by atoms with Crippen LogP contribution in [0.4, 0.5) is 0 Å². The Bertz CT molecular complexity index is 486. The molecule has 3 rings (SSSR count). The predicted octanol–water partition coefficient (Wildman–Crippen LogP) is 2.71. The zero-order chi connectivity index (χ0) is 11.0. The van der Waals surface area contributed by atoms with Gasteiger partial charge in [-0.3, -0.25) is 0 Å². The smallest absolute Gasteiger partial charge is 0.230 e. The molecule has 1 aromatic heterocycles. The first-order valence-electron chi connectivity index (χ1n) is 5.46. The van der Waals surface area contributed by atoms with Crippen molar-refractivity contribution in [2.75, 3.05) is 0 Å². The van der Waals surface area contributed by atoms with Crippen molar-refractivity contribution in [1.29, 1.82) is 0 Å². The Morgan fingerprint density at radius 1 is 1.19 bits per heavy atom. The molecule has 1 N–H and O–H groups in total. The number of rotatable bonds is 2. The Morgan fingerprint density at radius 3 is 2.56 bits per heavy atom. The third-order valence-electron chi connectivity index (χ3n) is 3.02. The lowest BCUT2D eigenvalue weighted by Crippen LogP contribution is -2.08. The van der Waals surface area contributed by atoms with Crippen molar-refractivity contribution < 1.29 is 9.63 Å². The van der Waals surface area contributed by atoms with Crippen LogP contribution in [0.2, 0.25) is 0 Å². The number of hydrogen-bond acceptors (Lipinski definition) is 4. The van der Waals surface area contributed by atoms with Gasteiger partial charge in [0.2, 0.25) is 11.7 Å². The van der Waals surface area contributed by atoms with E-state index >= 15 is 0 Å². The molecular weight excluding hydrogens is 204 g/mol. The lowest BCUT2D eigenvalue weighted by atomic mass is 9.85. The van der Waals surface area contributed by atoms with Gasteiger partial charge in [-0.25, -0.2) is 0 Å². The molecule has 0 radical (unpaired) electrons. The van der Waals surface area contributed by atoms with Crippen molar-refractivity contribution in [3.8, 4) is 17.1 Å². The molecule has 0 spiro atoms. The molecule has 0 saturated heterocycles. The Hall–Kier alpha value is -1.84. The summed E-state index contributed by atoms with van der Waals surface area (Å²) < 4.78 is 5.23. The van der Waals surface area contributed by atoms with E-state index in [2.05, 4.69) is 10.1 Å². The van der Waals surface area contributed by atoms with Crippen LogP contribution in [-0.4, -0.2) is 15.2 Å². The first-order chi connectivity index (χ1) is 7.83. The van der Waals surface area contributed by atoms with E-state index in [1.807, 2.05) is 0 Å². The van der Waals surface area contributed by atoms with Crippen LogP contribution in [0.15, 0.2) is 28.8 Å². The zero-order valence-corrected chi connectivity index (χ0v) is 8.76. The van der Waals surface area contributed by atoms with Gasteiger partial charge >= 0.3 is 0 Å². The topological polar surface area (TPSA) is 59.2 Å². The Labute approximate surface area is 92.9 Å². The quantitative estimate of drug-likeness (QED) is 0.838. The van der Waals surface area contributed by atoms with Gasteiger partial charge in [-0.1, -0.05) is 11.6 Å². The maximum Gasteiger partial charge on any atom is 0.230 e. The predicted molar refractivity (Wildman–Crippen MR) is 58.0 cm³/mol. The number of nitrogens with zero attached hydrogens (tertiary/aromatic N) is 2. The molecule has 0 atom stereocenters. The fourth-order valence-electron chi connectivity index (χ4n) is 1.78. The third-order valence-corrected chi connectivity index (χ3v) is 3.02. The lowest BCUT2D eigenvalue weighted by molar-refractivity contribution is 0.292. The normalized spacial score (nSPS) is 16.0. The first kappa shape index (κ1) is 9.39. The van der Waals surface area contributed by atoms with Crippen molar-refractivity contribution in [1.82, 2.24) is 10.1 Å². The molecule has 2 aromatic rings. The summed E-state index contributed by atoms with van der Waals surface area (Å²) in [6.45, 7) is 0. The van der Waals surface area contributed by atoms with Gasteiger partial charge < -0.3 is 9.63 Å². The van der Waals surface area contributed by atoms with Crippen LogP contribution in [0.25, 0.3) is 11.4 Å². The summed E-state index contributed by atoms with van der Waals surface area (Å²) in [5.74, 6) is 2.04. The van der Waals surface area contributed by atoms with Gasteiger partial charge in [-0.15, -0.1) is 0 Å². The SMILES string of the molecule is Oc1ccc(-c2noc(C3CCC3)n2)cc1. The number of aromatic hydroxyl groups is 1. The van der Waals surface area contributed by atoms with Crippen molar-refractivity contribution in [3.63, 3.8) is 0 Å². The molecule has 0 aliphatic heterocycles. The molecule has 0 bridgehead atoms. The average Bonchev–Trinajstić information content (AvgIpc) is 2.65. The summed E-state index contributed by atoms with van der Waals surface area (Å²) in [5, 5.41) is 13.1. The van der Waals surface area contributed by atoms with Gasteiger partial charge in [0.05, 0.1) is 0 Å². The minimum Gasteiger partial charge on any atom is -0.508 e. The van der Waals surface area contributed by atoms with Crippen LogP contribution < -0.4 is 0 Å². The molecule has 1 aromatic carbocycles. The van der Waals surface area contributed by atoms with Crippen molar-refractivity contribution in [3.05, 3.63) is 30.2 Å². The second kappa shape index (κ2) is 3.63. The first-order valence-corrected chi connectivity index (χ1v) is 5.46. The van der Waals surface area contributed by atoms with Crippen LogP contribution in [0, 0.1) is 0 Å². The lowest BCUT2D eigenvalue weighted by Gasteiger charge is -2.20. The zero-order valence-electron chi connectivity index (χ0n) is 8.76. The number of aromatic nitrogens is 2. The van der Waals surface area contributed by atoms with E-state index in [4.69, 9.17) is 4.52 Å². The molecule has 0 amide bonds. The number of phenolic OH excluding ortho intramolecular Hbond substituents is 1. The average molecular weight is 216 g/mol. The Balaban J connectivity index is 1.88. The summed E-state index contributed by atoms with van der Waals surface area (Å²) in [5.41, 5.74) is 0.868. The van der Waals surface area contributed by atoms with E-state index in [0.29, 0.717) is 11.7 Å². The second-order valence-corrected chi connectivity index (χ2v) is 4.13. The molecule has 1 saturated carbocycles. The minimum absolute atomic E-state index is 0.242. The molecule has 1 fully saturated rings. The van der Waals surface area contributed by atoms with Crippen molar-refractivity contribution in [2.24, 2.45) is 0 Å². The van der Waals surface area contributed by atoms with E-state index in [9.17, 15) is 5.11 Å². The van der Waals surface area contributed by atoms with E-state index in [1.165, 1.54) is 6.42 Å². The fraction of sp³-hybridized carbons (Fsp3) is 0.333. The van der Waals surface area contributed by atoms with Gasteiger partial charge in [0.1, 0.15) is 5.75 Å². The van der Waals surface area contributed by atoms with Gasteiger partial charge in [0.25, 0.3) is 0 Å². The summed E-state index contributed by atoms with van der Waals surface area (Å²) in [7, 11) is 0. The summed E-state index contributed by atoms with van der Waals surface area (Å²) in [4.78, 5) is 4.37.